The molecule has 2 unspecified atom stereocenters. The van der Waals surface area contributed by atoms with E-state index in [1.54, 1.807) is 0 Å². The van der Waals surface area contributed by atoms with Crippen LogP contribution in [0.2, 0.25) is 0 Å². The third-order valence-electron chi connectivity index (χ3n) is 10.7. The van der Waals surface area contributed by atoms with Crippen LogP contribution in [-0.4, -0.2) is 38.8 Å². The van der Waals surface area contributed by atoms with Crippen LogP contribution in [0.1, 0.15) is 69.4 Å². The lowest BCUT2D eigenvalue weighted by atomic mass is 9.64. The van der Waals surface area contributed by atoms with Crippen LogP contribution in [0.5, 0.6) is 0 Å². The number of aromatic nitrogens is 1. The predicted octanol–water partition coefficient (Wildman–Crippen LogP) is 8.99. The third-order valence-corrected chi connectivity index (χ3v) is 10.7. The normalized spacial score (nSPS) is 21.8. The summed E-state index contributed by atoms with van der Waals surface area (Å²) in [5, 5.41) is 15.4. The number of rotatable bonds is 6. The van der Waals surface area contributed by atoms with E-state index in [0.29, 0.717) is 11.5 Å². The summed E-state index contributed by atoms with van der Waals surface area (Å²) >= 11 is 0. The smallest absolute Gasteiger partial charge is 0.210 e. The van der Waals surface area contributed by atoms with Crippen molar-refractivity contribution in [1.82, 2.24) is 4.98 Å². The van der Waals surface area contributed by atoms with Gasteiger partial charge in [-0.15, -0.1) is 0 Å². The van der Waals surface area contributed by atoms with E-state index in [9.17, 15) is 9.90 Å². The molecule has 4 aromatic carbocycles. The van der Waals surface area contributed by atoms with Crippen LogP contribution in [-0.2, 0) is 10.2 Å². The Morgan fingerprint density at radius 2 is 1.60 bits per heavy atom. The molecule has 1 spiro atoms. The number of hydrogen-bond acceptors (Lipinski definition) is 2. The largest absolute Gasteiger partial charge is 0.387 e. The van der Waals surface area contributed by atoms with Crippen LogP contribution in [0.25, 0.3) is 32.9 Å². The van der Waals surface area contributed by atoms with E-state index < -0.39 is 12.0 Å². The maximum absolute atomic E-state index is 14.3. The number of aromatic amines is 1. The Kier molecular flexibility index (Phi) is 6.87. The van der Waals surface area contributed by atoms with Crippen molar-refractivity contribution >= 4 is 38.9 Å². The zero-order valence-corrected chi connectivity index (χ0v) is 26.2. The van der Waals surface area contributed by atoms with Crippen molar-refractivity contribution in [3.05, 3.63) is 114 Å². The molecule has 4 heteroatoms. The first-order valence-corrected chi connectivity index (χ1v) is 16.7. The summed E-state index contributed by atoms with van der Waals surface area (Å²) in [4.78, 5) is 17.9. The molecule has 3 aliphatic rings. The van der Waals surface area contributed by atoms with E-state index in [-0.39, 0.29) is 11.2 Å². The molecule has 0 radical (unpaired) electrons. The molecule has 2 heterocycles. The Morgan fingerprint density at radius 3 is 2.33 bits per heavy atom. The fraction of sp³-hybridized carbons (Fsp3) is 0.317. The summed E-state index contributed by atoms with van der Waals surface area (Å²) in [5.74, 6) is -0.00175. The first kappa shape index (κ1) is 28.2. The number of nitrogens with zero attached hydrogens (tertiary/aromatic N) is 1. The number of H-pyrrole nitrogens is 1. The summed E-state index contributed by atoms with van der Waals surface area (Å²) in [6.07, 6.45) is 8.06. The Bertz CT molecular complexity index is 2010. The van der Waals surface area contributed by atoms with Crippen LogP contribution in [0.3, 0.4) is 0 Å². The van der Waals surface area contributed by atoms with Crippen molar-refractivity contribution < 1.29 is 14.5 Å². The summed E-state index contributed by atoms with van der Waals surface area (Å²) in [5.41, 5.74) is 8.15. The molecular formula is C41H41N2O2+. The van der Waals surface area contributed by atoms with Crippen LogP contribution in [0, 0.1) is 5.92 Å². The molecule has 5 aromatic rings. The molecular weight excluding hydrogens is 552 g/mol. The maximum atomic E-state index is 14.3. The number of benzene rings is 4. The fourth-order valence-corrected chi connectivity index (χ4v) is 8.35. The van der Waals surface area contributed by atoms with Crippen LogP contribution >= 0.6 is 0 Å². The fourth-order valence-electron chi connectivity index (χ4n) is 8.35. The number of allylic oxidation sites excluding steroid dienone is 1. The number of fused-ring (bicyclic) bond motifs is 4. The minimum Gasteiger partial charge on any atom is -0.387 e. The molecule has 226 valence electrons. The van der Waals surface area contributed by atoms with Crippen molar-refractivity contribution in [2.45, 2.75) is 69.8 Å². The SMILES string of the molecule is CC(C)CC[N+]1=C(C=C2C(=O)C(c3c(-c4ccccc4)[nH]c4ccccc34)C2O)C2(CCCCC2)c2cc3ccccc3cc21. The van der Waals surface area contributed by atoms with Gasteiger partial charge in [0.1, 0.15) is 6.54 Å². The highest BCUT2D eigenvalue weighted by atomic mass is 16.3. The van der Waals surface area contributed by atoms with Gasteiger partial charge >= 0.3 is 0 Å². The monoisotopic (exact) mass is 593 g/mol. The van der Waals surface area contributed by atoms with Gasteiger partial charge < -0.3 is 10.1 Å². The Morgan fingerprint density at radius 1 is 0.911 bits per heavy atom. The van der Waals surface area contributed by atoms with Crippen LogP contribution < -0.4 is 0 Å². The molecule has 4 nitrogen and oxygen atoms in total. The summed E-state index contributed by atoms with van der Waals surface area (Å²) in [7, 11) is 0. The summed E-state index contributed by atoms with van der Waals surface area (Å²) in [6.45, 7) is 5.46. The minimum atomic E-state index is -0.859. The highest BCUT2D eigenvalue weighted by Gasteiger charge is 2.54. The lowest BCUT2D eigenvalue weighted by molar-refractivity contribution is -0.439. The second kappa shape index (κ2) is 11.0. The third kappa shape index (κ3) is 4.45. The van der Waals surface area contributed by atoms with Crippen molar-refractivity contribution in [2.24, 2.45) is 5.92 Å². The molecule has 2 fully saturated rings. The molecule has 2 saturated carbocycles. The summed E-state index contributed by atoms with van der Waals surface area (Å²) < 4.78 is 2.51. The molecule has 2 atom stereocenters. The minimum absolute atomic E-state index is 0.0350. The number of Topliss-reactive ketones (excluding diaryl/α,β-unsaturated/α-hetero) is 1. The van der Waals surface area contributed by atoms with E-state index >= 15 is 0 Å². The van der Waals surface area contributed by atoms with Crippen LogP contribution in [0.15, 0.2) is 103 Å². The predicted molar refractivity (Wildman–Crippen MR) is 184 cm³/mol. The average molecular weight is 594 g/mol. The highest BCUT2D eigenvalue weighted by molar-refractivity contribution is 6.17. The van der Waals surface area contributed by atoms with Gasteiger partial charge in [-0.2, -0.15) is 4.58 Å². The van der Waals surface area contributed by atoms with Crippen molar-refractivity contribution in [1.29, 1.82) is 0 Å². The Hall–Kier alpha value is -4.28. The van der Waals surface area contributed by atoms with Gasteiger partial charge in [0.15, 0.2) is 11.5 Å². The van der Waals surface area contributed by atoms with Gasteiger partial charge in [0.25, 0.3) is 0 Å². The standard InChI is InChI=1S/C41H40N2O2/c1-26(2)19-22-43-34-24-29-16-8-7-15-28(29)23-32(34)41(20-11-4-12-21-41)35(43)25-31-39(44)37(40(31)45)36-30-17-9-10-18-33(30)42-38(36)27-13-5-3-6-14-27/h3,5-10,13-18,23-26,37,39,44H,4,11-12,19-22H2,1-2H3/p+1. The lowest BCUT2D eigenvalue weighted by Gasteiger charge is -2.36. The molecule has 2 aliphatic carbocycles. The summed E-state index contributed by atoms with van der Waals surface area (Å²) in [6, 6.07) is 31.7. The maximum Gasteiger partial charge on any atom is 0.210 e. The number of aliphatic hydroxyl groups is 1. The Labute approximate surface area is 265 Å². The molecule has 45 heavy (non-hydrogen) atoms. The van der Waals surface area contributed by atoms with E-state index in [0.717, 1.165) is 53.5 Å². The number of nitrogens with one attached hydrogen (secondary N) is 1. The van der Waals surface area contributed by atoms with Crippen molar-refractivity contribution in [3.63, 3.8) is 0 Å². The second-order valence-corrected chi connectivity index (χ2v) is 13.8. The van der Waals surface area contributed by atoms with Gasteiger partial charge in [-0.05, 0) is 52.8 Å². The second-order valence-electron chi connectivity index (χ2n) is 13.8. The Balaban J connectivity index is 1.27. The molecule has 1 aliphatic heterocycles. The van der Waals surface area contributed by atoms with Gasteiger partial charge in [-0.25, -0.2) is 0 Å². The van der Waals surface area contributed by atoms with E-state index in [2.05, 4.69) is 84.1 Å². The number of hydrogen-bond donors (Lipinski definition) is 2. The topological polar surface area (TPSA) is 56.1 Å². The highest BCUT2D eigenvalue weighted by Crippen LogP contribution is 2.52. The van der Waals surface area contributed by atoms with E-state index in [1.807, 2.05) is 36.4 Å². The molecule has 0 bridgehead atoms. The number of ketones is 1. The van der Waals surface area contributed by atoms with Crippen LogP contribution in [0.4, 0.5) is 5.69 Å². The average Bonchev–Trinajstić information content (AvgIpc) is 3.55. The zero-order chi connectivity index (χ0) is 30.7. The first-order chi connectivity index (χ1) is 22.0. The number of aliphatic hydroxyl groups excluding tert-OH is 1. The van der Waals surface area contributed by atoms with E-state index in [1.165, 1.54) is 47.0 Å². The molecule has 8 rings (SSSR count). The lowest BCUT2D eigenvalue weighted by Crippen LogP contribution is -2.45. The first-order valence-electron chi connectivity index (χ1n) is 16.7. The molecule has 1 aromatic heterocycles. The number of carbonyl (C=O) groups is 1. The quantitative estimate of drug-likeness (QED) is 0.153. The van der Waals surface area contributed by atoms with Gasteiger partial charge in [0.05, 0.1) is 23.1 Å². The molecule has 0 amide bonds. The van der Waals surface area contributed by atoms with Crippen molar-refractivity contribution in [2.75, 3.05) is 6.54 Å². The van der Waals surface area contributed by atoms with Gasteiger partial charge in [-0.1, -0.05) is 106 Å². The number of carbonyl (C=O) groups excluding carboxylic acids is 1. The van der Waals surface area contributed by atoms with Crippen molar-refractivity contribution in [3.8, 4) is 11.3 Å². The van der Waals surface area contributed by atoms with Gasteiger partial charge in [0.2, 0.25) is 5.69 Å². The number of para-hydroxylation sites is 1. The van der Waals surface area contributed by atoms with Gasteiger partial charge in [0, 0.05) is 40.6 Å². The zero-order valence-electron chi connectivity index (χ0n) is 26.2. The molecule has 0 saturated heterocycles. The molecule has 2 N–H and O–H groups in total. The van der Waals surface area contributed by atoms with Gasteiger partial charge in [-0.3, -0.25) is 4.79 Å². The van der Waals surface area contributed by atoms with E-state index in [4.69, 9.17) is 0 Å².